The first-order valence-corrected chi connectivity index (χ1v) is 13.1. The summed E-state index contributed by atoms with van der Waals surface area (Å²) in [5.41, 5.74) is 0. The Labute approximate surface area is 189 Å². The van der Waals surface area contributed by atoms with Gasteiger partial charge in [0.2, 0.25) is 5.91 Å². The maximum atomic E-state index is 12.5. The number of hydrogen-bond donors (Lipinski definition) is 0. The van der Waals surface area contributed by atoms with Crippen molar-refractivity contribution in [3.63, 3.8) is 0 Å². The quantitative estimate of drug-likeness (QED) is 0.294. The molecule has 2 saturated heterocycles. The third kappa shape index (κ3) is 7.76. The van der Waals surface area contributed by atoms with Crippen molar-refractivity contribution >= 4 is 11.9 Å². The highest BCUT2D eigenvalue weighted by molar-refractivity contribution is 5.76. The molecule has 3 aliphatic rings. The maximum Gasteiger partial charge on any atom is 0.302 e. The fourth-order valence-corrected chi connectivity index (χ4v) is 5.90. The first-order chi connectivity index (χ1) is 15.0. The molecule has 0 aromatic heterocycles. The highest BCUT2D eigenvalue weighted by Crippen LogP contribution is 2.43. The molecule has 6 unspecified atom stereocenters. The Bertz CT molecular complexity index is 580. The number of amides is 1. The van der Waals surface area contributed by atoms with E-state index in [4.69, 9.17) is 9.47 Å². The van der Waals surface area contributed by atoms with Crippen molar-refractivity contribution in [3.8, 4) is 0 Å². The van der Waals surface area contributed by atoms with Crippen LogP contribution in [-0.2, 0) is 19.1 Å². The molecule has 5 nitrogen and oxygen atoms in total. The van der Waals surface area contributed by atoms with Gasteiger partial charge in [0.15, 0.2) is 0 Å². The van der Waals surface area contributed by atoms with Crippen molar-refractivity contribution < 1.29 is 19.1 Å². The van der Waals surface area contributed by atoms with Gasteiger partial charge in [-0.15, -0.1) is 0 Å². The average Bonchev–Trinajstić information content (AvgIpc) is 3.54. The highest BCUT2D eigenvalue weighted by Gasteiger charge is 2.44. The van der Waals surface area contributed by atoms with Crippen LogP contribution in [0, 0.1) is 11.8 Å². The Morgan fingerprint density at radius 1 is 1.10 bits per heavy atom. The molecule has 31 heavy (non-hydrogen) atoms. The number of carbonyl (C=O) groups excluding carboxylic acids is 2. The Hall–Kier alpha value is -1.10. The largest absolute Gasteiger partial charge is 0.463 e. The molecule has 1 saturated carbocycles. The summed E-state index contributed by atoms with van der Waals surface area (Å²) < 4.78 is 11.4. The van der Waals surface area contributed by atoms with Gasteiger partial charge in [-0.3, -0.25) is 9.59 Å². The number of esters is 1. The second-order valence-corrected chi connectivity index (χ2v) is 10.3. The van der Waals surface area contributed by atoms with E-state index >= 15 is 0 Å². The summed E-state index contributed by atoms with van der Waals surface area (Å²) in [6, 6.07) is 0.336. The minimum absolute atomic E-state index is 0.0181. The third-order valence-electron chi connectivity index (χ3n) is 7.95. The fourth-order valence-electron chi connectivity index (χ4n) is 5.90. The first kappa shape index (κ1) is 24.5. The predicted octanol–water partition coefficient (Wildman–Crippen LogP) is 5.64. The van der Waals surface area contributed by atoms with Gasteiger partial charge in [0.05, 0.1) is 12.2 Å². The van der Waals surface area contributed by atoms with E-state index in [0.717, 1.165) is 69.7 Å². The van der Waals surface area contributed by atoms with Crippen LogP contribution in [0.3, 0.4) is 0 Å². The van der Waals surface area contributed by atoms with E-state index in [1.807, 2.05) is 0 Å². The van der Waals surface area contributed by atoms with Gasteiger partial charge in [-0.2, -0.15) is 0 Å². The number of nitrogens with zero attached hydrogens (tertiary/aromatic N) is 1. The van der Waals surface area contributed by atoms with E-state index in [1.54, 1.807) is 0 Å². The second-order valence-electron chi connectivity index (χ2n) is 10.3. The molecule has 3 fully saturated rings. The van der Waals surface area contributed by atoms with Crippen LogP contribution < -0.4 is 0 Å². The first-order valence-electron chi connectivity index (χ1n) is 13.1. The molecule has 0 radical (unpaired) electrons. The smallest absolute Gasteiger partial charge is 0.302 e. The Balaban J connectivity index is 1.38. The summed E-state index contributed by atoms with van der Waals surface area (Å²) in [7, 11) is 0. The summed E-state index contributed by atoms with van der Waals surface area (Å²) in [5, 5.41) is 0. The molecule has 2 heterocycles. The lowest BCUT2D eigenvalue weighted by Crippen LogP contribution is -2.39. The van der Waals surface area contributed by atoms with Gasteiger partial charge in [0.1, 0.15) is 6.10 Å². The Kier molecular flexibility index (Phi) is 9.68. The van der Waals surface area contributed by atoms with Crippen molar-refractivity contribution in [3.05, 3.63) is 0 Å². The molecule has 1 aliphatic carbocycles. The molecule has 6 atom stereocenters. The molecule has 0 aromatic carbocycles. The van der Waals surface area contributed by atoms with Gasteiger partial charge in [-0.25, -0.2) is 0 Å². The van der Waals surface area contributed by atoms with E-state index < -0.39 is 0 Å². The van der Waals surface area contributed by atoms with Crippen LogP contribution >= 0.6 is 0 Å². The number of carbonyl (C=O) groups is 2. The molecule has 1 amide bonds. The van der Waals surface area contributed by atoms with Crippen LogP contribution in [0.4, 0.5) is 0 Å². The molecule has 5 heteroatoms. The third-order valence-corrected chi connectivity index (χ3v) is 7.95. The van der Waals surface area contributed by atoms with E-state index in [-0.39, 0.29) is 12.1 Å². The van der Waals surface area contributed by atoms with Crippen LogP contribution in [0.25, 0.3) is 0 Å². The minimum atomic E-state index is -0.169. The topological polar surface area (TPSA) is 59.1 Å². The zero-order valence-electron chi connectivity index (χ0n) is 20.2. The van der Waals surface area contributed by atoms with Crippen LogP contribution in [0.5, 0.6) is 0 Å². The molecule has 3 rings (SSSR count). The Morgan fingerprint density at radius 2 is 1.87 bits per heavy atom. The normalized spacial score (nSPS) is 28.9. The van der Waals surface area contributed by atoms with Crippen molar-refractivity contribution in [2.24, 2.45) is 11.8 Å². The average molecular weight is 436 g/mol. The zero-order chi connectivity index (χ0) is 22.2. The van der Waals surface area contributed by atoms with Gasteiger partial charge in [-0.05, 0) is 82.5 Å². The molecule has 0 bridgehead atoms. The van der Waals surface area contributed by atoms with Gasteiger partial charge >= 0.3 is 5.97 Å². The summed E-state index contributed by atoms with van der Waals surface area (Å²) >= 11 is 0. The molecule has 2 aliphatic heterocycles. The van der Waals surface area contributed by atoms with Crippen molar-refractivity contribution in [1.29, 1.82) is 0 Å². The van der Waals surface area contributed by atoms with E-state index in [9.17, 15) is 9.59 Å². The molecular formula is C26H45NO4. The van der Waals surface area contributed by atoms with Gasteiger partial charge in [-0.1, -0.05) is 26.7 Å². The summed E-state index contributed by atoms with van der Waals surface area (Å²) in [5.74, 6) is 1.69. The SMILES string of the molecule is CCC(CCCC(CCCC(C)C1CCC2OC2C1)OC(C)=O)N1CCCCCC1=O. The van der Waals surface area contributed by atoms with E-state index in [2.05, 4.69) is 18.7 Å². The van der Waals surface area contributed by atoms with Crippen molar-refractivity contribution in [2.75, 3.05) is 6.54 Å². The number of rotatable bonds is 12. The summed E-state index contributed by atoms with van der Waals surface area (Å²) in [4.78, 5) is 26.2. The maximum absolute atomic E-state index is 12.5. The van der Waals surface area contributed by atoms with Crippen molar-refractivity contribution in [1.82, 2.24) is 4.90 Å². The minimum Gasteiger partial charge on any atom is -0.463 e. The summed E-state index contributed by atoms with van der Waals surface area (Å²) in [6.45, 7) is 7.01. The molecule has 178 valence electrons. The zero-order valence-corrected chi connectivity index (χ0v) is 20.2. The van der Waals surface area contributed by atoms with Crippen LogP contribution in [-0.4, -0.2) is 47.7 Å². The molecule has 0 aromatic rings. The number of likely N-dealkylation sites (tertiary alicyclic amines) is 1. The molecular weight excluding hydrogens is 390 g/mol. The van der Waals surface area contributed by atoms with Crippen LogP contribution in [0.15, 0.2) is 0 Å². The lowest BCUT2D eigenvalue weighted by atomic mass is 9.79. The van der Waals surface area contributed by atoms with Gasteiger partial charge in [0.25, 0.3) is 0 Å². The lowest BCUT2D eigenvalue weighted by molar-refractivity contribution is -0.147. The fraction of sp³-hybridized carbons (Fsp3) is 0.923. The monoisotopic (exact) mass is 435 g/mol. The molecule has 0 spiro atoms. The van der Waals surface area contributed by atoms with Crippen molar-refractivity contribution in [2.45, 2.75) is 135 Å². The number of ether oxygens (including phenoxy) is 2. The van der Waals surface area contributed by atoms with Crippen LogP contribution in [0.1, 0.15) is 111 Å². The number of hydrogen-bond acceptors (Lipinski definition) is 4. The lowest BCUT2D eigenvalue weighted by Gasteiger charge is -2.31. The van der Waals surface area contributed by atoms with E-state index in [0.29, 0.717) is 30.6 Å². The Morgan fingerprint density at radius 3 is 2.58 bits per heavy atom. The summed E-state index contributed by atoms with van der Waals surface area (Å²) in [6.07, 6.45) is 16.2. The molecule has 0 N–H and O–H groups in total. The van der Waals surface area contributed by atoms with Gasteiger partial charge in [0, 0.05) is 25.9 Å². The number of fused-ring (bicyclic) bond motifs is 1. The van der Waals surface area contributed by atoms with Gasteiger partial charge < -0.3 is 14.4 Å². The highest BCUT2D eigenvalue weighted by atomic mass is 16.6. The number of epoxide rings is 1. The standard InChI is InChI=1S/C26H45NO4/c1-4-22(27-17-7-5-6-14-26(27)29)11-9-13-23(30-20(3)28)12-8-10-19(2)21-15-16-24-25(18-21)31-24/h19,21-25H,4-18H2,1-3H3. The second kappa shape index (κ2) is 12.2. The van der Waals surface area contributed by atoms with E-state index in [1.165, 1.54) is 39.0 Å². The predicted molar refractivity (Wildman–Crippen MR) is 123 cm³/mol. The van der Waals surface area contributed by atoms with Crippen LogP contribution in [0.2, 0.25) is 0 Å².